The average Bonchev–Trinajstić information content (AvgIpc) is 2.30. The number of aromatic nitrogens is 1. The first-order valence-corrected chi connectivity index (χ1v) is 5.38. The van der Waals surface area contributed by atoms with Crippen LogP contribution in [0.1, 0.15) is 32.4 Å². The lowest BCUT2D eigenvalue weighted by atomic mass is 9.92. The zero-order chi connectivity index (χ0) is 12.2. The van der Waals surface area contributed by atoms with Gasteiger partial charge in [-0.2, -0.15) is 0 Å². The van der Waals surface area contributed by atoms with Crippen molar-refractivity contribution in [1.82, 2.24) is 10.3 Å². The Balaban J connectivity index is 2.66. The lowest BCUT2D eigenvalue weighted by Crippen LogP contribution is -2.42. The molecule has 0 fully saturated rings. The molecule has 1 aromatic rings. The Hall–Kier alpha value is -1.42. The quantitative estimate of drug-likeness (QED) is 0.804. The highest BCUT2D eigenvalue weighted by molar-refractivity contribution is 5.82. The molecule has 4 heteroatoms. The van der Waals surface area contributed by atoms with E-state index in [-0.39, 0.29) is 11.9 Å². The minimum atomic E-state index is -0.526. The lowest BCUT2D eigenvalue weighted by Gasteiger charge is -2.24. The zero-order valence-corrected chi connectivity index (χ0v) is 10.0. The molecule has 1 aromatic heterocycles. The second-order valence-electron chi connectivity index (χ2n) is 4.56. The maximum Gasteiger partial charge on any atom is 0.227 e. The van der Waals surface area contributed by atoms with E-state index in [1.54, 1.807) is 12.4 Å². The molecule has 1 unspecified atom stereocenters. The molecule has 1 amide bonds. The monoisotopic (exact) mass is 221 g/mol. The summed E-state index contributed by atoms with van der Waals surface area (Å²) in [5.41, 5.74) is 6.06. The normalized spacial score (nSPS) is 13.2. The number of amides is 1. The number of hydrogen-bond donors (Lipinski definition) is 2. The van der Waals surface area contributed by atoms with E-state index in [9.17, 15) is 4.79 Å². The number of pyridine rings is 1. The third kappa shape index (κ3) is 3.03. The van der Waals surface area contributed by atoms with E-state index in [0.29, 0.717) is 6.54 Å². The smallest absolute Gasteiger partial charge is 0.227 e. The van der Waals surface area contributed by atoms with Crippen LogP contribution in [0.3, 0.4) is 0 Å². The van der Waals surface area contributed by atoms with Gasteiger partial charge in [-0.15, -0.1) is 0 Å². The van der Waals surface area contributed by atoms with Crippen molar-refractivity contribution in [3.63, 3.8) is 0 Å². The molecule has 0 bridgehead atoms. The molecule has 88 valence electrons. The van der Waals surface area contributed by atoms with Gasteiger partial charge in [0.25, 0.3) is 0 Å². The van der Waals surface area contributed by atoms with Gasteiger partial charge >= 0.3 is 0 Å². The van der Waals surface area contributed by atoms with Gasteiger partial charge in [-0.3, -0.25) is 9.78 Å². The number of carbonyl (C=O) groups excluding carboxylic acids is 1. The lowest BCUT2D eigenvalue weighted by molar-refractivity contribution is -0.129. The summed E-state index contributed by atoms with van der Waals surface area (Å²) in [7, 11) is 0. The van der Waals surface area contributed by atoms with E-state index in [2.05, 4.69) is 10.3 Å². The number of carbonyl (C=O) groups is 1. The Morgan fingerprint density at radius 2 is 2.06 bits per heavy atom. The molecule has 0 aliphatic heterocycles. The minimum absolute atomic E-state index is 0.0266. The van der Waals surface area contributed by atoms with Crippen LogP contribution in [0.15, 0.2) is 24.5 Å². The van der Waals surface area contributed by atoms with Crippen molar-refractivity contribution in [1.29, 1.82) is 0 Å². The molecule has 4 nitrogen and oxygen atoms in total. The summed E-state index contributed by atoms with van der Waals surface area (Å²) in [6.45, 7) is 5.95. The summed E-state index contributed by atoms with van der Waals surface area (Å²) in [4.78, 5) is 15.8. The number of nitrogens with zero attached hydrogens (tertiary/aromatic N) is 1. The van der Waals surface area contributed by atoms with Crippen LogP contribution in [0, 0.1) is 5.41 Å². The molecule has 0 radical (unpaired) electrons. The summed E-state index contributed by atoms with van der Waals surface area (Å²) in [6, 6.07) is 3.75. The second kappa shape index (κ2) is 5.07. The number of nitrogens with two attached hydrogens (primary N) is 1. The third-order valence-corrected chi connectivity index (χ3v) is 2.68. The fourth-order valence-corrected chi connectivity index (χ4v) is 1.22. The molecule has 1 atom stereocenters. The first kappa shape index (κ1) is 12.6. The van der Waals surface area contributed by atoms with Crippen LogP contribution in [-0.4, -0.2) is 17.4 Å². The van der Waals surface area contributed by atoms with Crippen molar-refractivity contribution in [3.8, 4) is 0 Å². The summed E-state index contributed by atoms with van der Waals surface area (Å²) in [6.07, 6.45) is 3.43. The Morgan fingerprint density at radius 1 is 1.50 bits per heavy atom. The molecule has 0 aliphatic carbocycles. The maximum atomic E-state index is 11.9. The van der Waals surface area contributed by atoms with Crippen LogP contribution in [0.5, 0.6) is 0 Å². The molecule has 0 aliphatic rings. The maximum absolute atomic E-state index is 11.9. The Bertz CT molecular complexity index is 349. The van der Waals surface area contributed by atoms with Crippen molar-refractivity contribution in [2.24, 2.45) is 11.1 Å². The number of rotatable bonds is 4. The molecule has 3 N–H and O–H groups in total. The van der Waals surface area contributed by atoms with Crippen molar-refractivity contribution in [2.75, 3.05) is 6.54 Å². The van der Waals surface area contributed by atoms with Crippen molar-refractivity contribution < 1.29 is 4.79 Å². The highest BCUT2D eigenvalue weighted by atomic mass is 16.2. The average molecular weight is 221 g/mol. The molecule has 1 rings (SSSR count). The van der Waals surface area contributed by atoms with Crippen LogP contribution >= 0.6 is 0 Å². The van der Waals surface area contributed by atoms with Crippen LogP contribution in [-0.2, 0) is 4.79 Å². The Morgan fingerprint density at radius 3 is 2.56 bits per heavy atom. The molecule has 1 heterocycles. The standard InChI is InChI=1S/C12H19N3O/c1-9(10-4-6-14-7-5-10)15-11(16)12(2,3)8-13/h4-7,9H,8,13H2,1-3H3,(H,15,16). The van der Waals surface area contributed by atoms with Crippen LogP contribution in [0.4, 0.5) is 0 Å². The highest BCUT2D eigenvalue weighted by Gasteiger charge is 2.26. The Kier molecular flexibility index (Phi) is 4.01. The van der Waals surface area contributed by atoms with Crippen LogP contribution in [0.2, 0.25) is 0 Å². The van der Waals surface area contributed by atoms with Crippen molar-refractivity contribution in [3.05, 3.63) is 30.1 Å². The van der Waals surface area contributed by atoms with Gasteiger partial charge in [0.05, 0.1) is 11.5 Å². The van der Waals surface area contributed by atoms with E-state index >= 15 is 0 Å². The Labute approximate surface area is 96.3 Å². The third-order valence-electron chi connectivity index (χ3n) is 2.68. The summed E-state index contributed by atoms with van der Waals surface area (Å²) < 4.78 is 0. The van der Waals surface area contributed by atoms with E-state index in [0.717, 1.165) is 5.56 Å². The molecule has 0 spiro atoms. The minimum Gasteiger partial charge on any atom is -0.349 e. The summed E-state index contributed by atoms with van der Waals surface area (Å²) in [5, 5.41) is 2.94. The van der Waals surface area contributed by atoms with Gasteiger partial charge in [0.2, 0.25) is 5.91 Å². The zero-order valence-electron chi connectivity index (χ0n) is 10.0. The molecular weight excluding hydrogens is 202 g/mol. The molecule has 0 saturated carbocycles. The van der Waals surface area contributed by atoms with Gasteiger partial charge in [-0.1, -0.05) is 0 Å². The van der Waals surface area contributed by atoms with Gasteiger partial charge < -0.3 is 11.1 Å². The fourth-order valence-electron chi connectivity index (χ4n) is 1.22. The summed E-state index contributed by atoms with van der Waals surface area (Å²) in [5.74, 6) is -0.0284. The molecular formula is C12H19N3O. The van der Waals surface area contributed by atoms with Gasteiger partial charge in [0.1, 0.15) is 0 Å². The number of hydrogen-bond acceptors (Lipinski definition) is 3. The predicted molar refractivity (Wildman–Crippen MR) is 63.6 cm³/mol. The predicted octanol–water partition coefficient (Wildman–Crippen LogP) is 1.24. The first-order valence-electron chi connectivity index (χ1n) is 5.38. The van der Waals surface area contributed by atoms with Gasteiger partial charge in [-0.05, 0) is 38.5 Å². The van der Waals surface area contributed by atoms with E-state index in [1.165, 1.54) is 0 Å². The molecule has 0 saturated heterocycles. The first-order chi connectivity index (χ1) is 7.47. The van der Waals surface area contributed by atoms with E-state index in [4.69, 9.17) is 5.73 Å². The fraction of sp³-hybridized carbons (Fsp3) is 0.500. The van der Waals surface area contributed by atoms with Crippen molar-refractivity contribution in [2.45, 2.75) is 26.8 Å². The largest absolute Gasteiger partial charge is 0.349 e. The number of nitrogens with one attached hydrogen (secondary N) is 1. The summed E-state index contributed by atoms with van der Waals surface area (Å²) >= 11 is 0. The molecule has 16 heavy (non-hydrogen) atoms. The van der Waals surface area contributed by atoms with Gasteiger partial charge in [0.15, 0.2) is 0 Å². The van der Waals surface area contributed by atoms with E-state index in [1.807, 2.05) is 32.9 Å². The second-order valence-corrected chi connectivity index (χ2v) is 4.56. The SMILES string of the molecule is CC(NC(=O)C(C)(C)CN)c1ccncc1. The van der Waals surface area contributed by atoms with Gasteiger partial charge in [0, 0.05) is 18.9 Å². The van der Waals surface area contributed by atoms with Gasteiger partial charge in [-0.25, -0.2) is 0 Å². The van der Waals surface area contributed by atoms with Crippen LogP contribution in [0.25, 0.3) is 0 Å². The van der Waals surface area contributed by atoms with E-state index < -0.39 is 5.41 Å². The van der Waals surface area contributed by atoms with Crippen molar-refractivity contribution >= 4 is 5.91 Å². The van der Waals surface area contributed by atoms with Crippen LogP contribution < -0.4 is 11.1 Å². The highest BCUT2D eigenvalue weighted by Crippen LogP contribution is 2.16. The topological polar surface area (TPSA) is 68.0 Å². The molecule has 0 aromatic carbocycles.